The van der Waals surface area contributed by atoms with Crippen LogP contribution in [0.5, 0.6) is 0 Å². The number of thiophene rings is 1. The number of carbonyl (C=O) groups excluding carboxylic acids is 1. The van der Waals surface area contributed by atoms with Gasteiger partial charge in [-0.15, -0.1) is 11.3 Å². The van der Waals surface area contributed by atoms with E-state index in [-0.39, 0.29) is 11.5 Å². The standard InChI is InChI=1S/C15H12ClN3O2S/c1-7-5-10(20)19-15-11(7)12(17)13(22-15)14(21)18-9-4-2-3-8(16)6-9/h2-6H,17H2,1H3,(H,18,21)(H,19,20). The van der Waals surface area contributed by atoms with Gasteiger partial charge in [0.25, 0.3) is 5.91 Å². The molecule has 0 spiro atoms. The number of aromatic nitrogens is 1. The van der Waals surface area contributed by atoms with Gasteiger partial charge in [0.2, 0.25) is 5.56 Å². The second-order valence-electron chi connectivity index (χ2n) is 4.83. The summed E-state index contributed by atoms with van der Waals surface area (Å²) in [6, 6.07) is 8.31. The summed E-state index contributed by atoms with van der Waals surface area (Å²) in [5.74, 6) is -0.332. The van der Waals surface area contributed by atoms with Crippen LogP contribution in [-0.2, 0) is 0 Å². The smallest absolute Gasteiger partial charge is 0.267 e. The Bertz CT molecular complexity index is 946. The summed E-state index contributed by atoms with van der Waals surface area (Å²) in [6.45, 7) is 1.79. The highest BCUT2D eigenvalue weighted by atomic mass is 35.5. The van der Waals surface area contributed by atoms with Gasteiger partial charge < -0.3 is 16.0 Å². The number of aryl methyl sites for hydroxylation is 1. The number of H-pyrrole nitrogens is 1. The SMILES string of the molecule is Cc1cc(=O)[nH]c2sc(C(=O)Nc3cccc(Cl)c3)c(N)c12. The normalized spacial score (nSPS) is 10.8. The minimum absolute atomic E-state index is 0.215. The van der Waals surface area contributed by atoms with Gasteiger partial charge in [0, 0.05) is 22.2 Å². The number of halogens is 1. The van der Waals surface area contributed by atoms with Gasteiger partial charge in [-0.25, -0.2) is 0 Å². The maximum Gasteiger partial charge on any atom is 0.267 e. The molecule has 2 heterocycles. The molecule has 1 amide bonds. The molecule has 1 aromatic carbocycles. The van der Waals surface area contributed by atoms with Crippen LogP contribution in [0.1, 0.15) is 15.2 Å². The summed E-state index contributed by atoms with van der Waals surface area (Å²) in [5.41, 5.74) is 7.56. The number of amides is 1. The van der Waals surface area contributed by atoms with Crippen LogP contribution < -0.4 is 16.6 Å². The van der Waals surface area contributed by atoms with Gasteiger partial charge >= 0.3 is 0 Å². The maximum absolute atomic E-state index is 12.4. The lowest BCUT2D eigenvalue weighted by Crippen LogP contribution is -2.11. The van der Waals surface area contributed by atoms with E-state index >= 15 is 0 Å². The zero-order valence-corrected chi connectivity index (χ0v) is 13.1. The fraction of sp³-hybridized carbons (Fsp3) is 0.0667. The van der Waals surface area contributed by atoms with E-state index in [1.54, 1.807) is 31.2 Å². The molecule has 7 heteroatoms. The van der Waals surface area contributed by atoms with Crippen molar-refractivity contribution < 1.29 is 4.79 Å². The van der Waals surface area contributed by atoms with Gasteiger partial charge in [-0.05, 0) is 30.7 Å². The number of nitrogens with two attached hydrogens (primary N) is 1. The van der Waals surface area contributed by atoms with Gasteiger partial charge in [-0.2, -0.15) is 0 Å². The van der Waals surface area contributed by atoms with Crippen LogP contribution in [0, 0.1) is 6.92 Å². The molecule has 0 atom stereocenters. The Labute approximate surface area is 134 Å². The lowest BCUT2D eigenvalue weighted by atomic mass is 10.1. The average molecular weight is 334 g/mol. The number of rotatable bonds is 2. The molecule has 112 valence electrons. The number of nitrogens with one attached hydrogen (secondary N) is 2. The van der Waals surface area contributed by atoms with Crippen molar-refractivity contribution in [1.29, 1.82) is 0 Å². The van der Waals surface area contributed by atoms with Crippen LogP contribution >= 0.6 is 22.9 Å². The molecule has 0 saturated carbocycles. The van der Waals surface area contributed by atoms with Crippen LogP contribution in [0.3, 0.4) is 0 Å². The van der Waals surface area contributed by atoms with E-state index in [0.717, 1.165) is 16.9 Å². The maximum atomic E-state index is 12.4. The number of fused-ring (bicyclic) bond motifs is 1. The molecule has 0 saturated heterocycles. The van der Waals surface area contributed by atoms with Crippen molar-refractivity contribution >= 4 is 50.4 Å². The molecule has 0 radical (unpaired) electrons. The predicted molar refractivity (Wildman–Crippen MR) is 91.0 cm³/mol. The van der Waals surface area contributed by atoms with E-state index in [1.165, 1.54) is 6.07 Å². The monoisotopic (exact) mass is 333 g/mol. The Hall–Kier alpha value is -2.31. The highest BCUT2D eigenvalue weighted by Gasteiger charge is 2.18. The molecule has 0 aliphatic rings. The number of aromatic amines is 1. The van der Waals surface area contributed by atoms with Crippen molar-refractivity contribution in [2.24, 2.45) is 0 Å². The molecular weight excluding hydrogens is 322 g/mol. The first-order valence-corrected chi connectivity index (χ1v) is 7.64. The third-order valence-electron chi connectivity index (χ3n) is 3.21. The second-order valence-corrected chi connectivity index (χ2v) is 6.29. The van der Waals surface area contributed by atoms with Crippen molar-refractivity contribution in [3.05, 3.63) is 56.1 Å². The van der Waals surface area contributed by atoms with Gasteiger partial charge in [0.05, 0.1) is 5.69 Å². The lowest BCUT2D eigenvalue weighted by Gasteiger charge is -2.04. The molecule has 0 fully saturated rings. The van der Waals surface area contributed by atoms with E-state index in [2.05, 4.69) is 10.3 Å². The summed E-state index contributed by atoms with van der Waals surface area (Å²) < 4.78 is 0. The molecule has 0 aliphatic carbocycles. The molecular formula is C15H12ClN3O2S. The number of anilines is 2. The highest BCUT2D eigenvalue weighted by molar-refractivity contribution is 7.21. The van der Waals surface area contributed by atoms with E-state index in [0.29, 0.717) is 31.5 Å². The van der Waals surface area contributed by atoms with Crippen molar-refractivity contribution in [2.45, 2.75) is 6.92 Å². The minimum atomic E-state index is -0.332. The summed E-state index contributed by atoms with van der Waals surface area (Å²) in [5, 5.41) is 3.99. The molecule has 4 N–H and O–H groups in total. The third-order valence-corrected chi connectivity index (χ3v) is 4.57. The third kappa shape index (κ3) is 2.58. The molecule has 0 bridgehead atoms. The zero-order chi connectivity index (χ0) is 15.9. The topological polar surface area (TPSA) is 88.0 Å². The first-order chi connectivity index (χ1) is 10.5. The molecule has 3 rings (SSSR count). The fourth-order valence-corrected chi connectivity index (χ4v) is 3.54. The summed E-state index contributed by atoms with van der Waals surface area (Å²) in [6.07, 6.45) is 0. The number of hydrogen-bond acceptors (Lipinski definition) is 4. The summed E-state index contributed by atoms with van der Waals surface area (Å²) in [4.78, 5) is 27.6. The molecule has 22 heavy (non-hydrogen) atoms. The first-order valence-electron chi connectivity index (χ1n) is 6.44. The van der Waals surface area contributed by atoms with Gasteiger partial charge in [0.1, 0.15) is 9.71 Å². The quantitative estimate of drug-likeness (QED) is 0.671. The molecule has 2 aromatic heterocycles. The summed E-state index contributed by atoms with van der Waals surface area (Å²) >= 11 is 7.05. The van der Waals surface area contributed by atoms with E-state index in [4.69, 9.17) is 17.3 Å². The van der Waals surface area contributed by atoms with Gasteiger partial charge in [-0.1, -0.05) is 17.7 Å². The Kier molecular flexibility index (Phi) is 3.64. The Morgan fingerprint density at radius 2 is 2.14 bits per heavy atom. The predicted octanol–water partition coefficient (Wildman–Crippen LogP) is 3.39. The summed E-state index contributed by atoms with van der Waals surface area (Å²) in [7, 11) is 0. The van der Waals surface area contributed by atoms with Crippen LogP contribution in [0.2, 0.25) is 5.02 Å². The van der Waals surface area contributed by atoms with Crippen LogP contribution in [-0.4, -0.2) is 10.9 Å². The van der Waals surface area contributed by atoms with Gasteiger partial charge in [-0.3, -0.25) is 9.59 Å². The van der Waals surface area contributed by atoms with Crippen molar-refractivity contribution in [1.82, 2.24) is 4.98 Å². The largest absolute Gasteiger partial charge is 0.397 e. The Morgan fingerprint density at radius 3 is 2.86 bits per heavy atom. The molecule has 5 nitrogen and oxygen atoms in total. The van der Waals surface area contributed by atoms with E-state index < -0.39 is 0 Å². The first kappa shape index (κ1) is 14.6. The lowest BCUT2D eigenvalue weighted by molar-refractivity contribution is 0.103. The van der Waals surface area contributed by atoms with Crippen molar-refractivity contribution in [3.8, 4) is 0 Å². The second kappa shape index (κ2) is 5.47. The number of hydrogen-bond donors (Lipinski definition) is 3. The Morgan fingerprint density at radius 1 is 1.36 bits per heavy atom. The van der Waals surface area contributed by atoms with Crippen molar-refractivity contribution in [2.75, 3.05) is 11.1 Å². The van der Waals surface area contributed by atoms with Crippen LogP contribution in [0.25, 0.3) is 10.2 Å². The molecule has 3 aromatic rings. The molecule has 0 unspecified atom stereocenters. The fourth-order valence-electron chi connectivity index (χ4n) is 2.26. The number of pyridine rings is 1. The number of carbonyl (C=O) groups is 1. The number of nitrogen functional groups attached to an aromatic ring is 1. The zero-order valence-electron chi connectivity index (χ0n) is 11.6. The van der Waals surface area contributed by atoms with Crippen LogP contribution in [0.15, 0.2) is 35.1 Å². The van der Waals surface area contributed by atoms with Gasteiger partial charge in [0.15, 0.2) is 0 Å². The van der Waals surface area contributed by atoms with Crippen molar-refractivity contribution in [3.63, 3.8) is 0 Å². The minimum Gasteiger partial charge on any atom is -0.397 e. The Balaban J connectivity index is 2.03. The van der Waals surface area contributed by atoms with E-state index in [1.807, 2.05) is 0 Å². The highest BCUT2D eigenvalue weighted by Crippen LogP contribution is 2.34. The average Bonchev–Trinajstić information content (AvgIpc) is 2.76. The molecule has 0 aliphatic heterocycles. The number of benzene rings is 1. The van der Waals surface area contributed by atoms with E-state index in [9.17, 15) is 9.59 Å². The van der Waals surface area contributed by atoms with Crippen LogP contribution in [0.4, 0.5) is 11.4 Å².